The third kappa shape index (κ3) is 3.45. The Bertz CT molecular complexity index is 644. The predicted octanol–water partition coefficient (Wildman–Crippen LogP) is 2.33. The number of hydrogen-bond donors (Lipinski definition) is 2. The summed E-state index contributed by atoms with van der Waals surface area (Å²) in [6.45, 7) is 0. The number of halogens is 2. The Kier molecular flexibility index (Phi) is 4.19. The minimum atomic E-state index is -0.721. The van der Waals surface area contributed by atoms with Crippen LogP contribution in [0.4, 0.5) is 14.5 Å². The van der Waals surface area contributed by atoms with Crippen LogP contribution >= 0.6 is 11.8 Å². The van der Waals surface area contributed by atoms with Crippen LogP contribution in [-0.4, -0.2) is 10.9 Å². The summed E-state index contributed by atoms with van der Waals surface area (Å²) in [5.41, 5.74) is 11.4. The fourth-order valence-corrected chi connectivity index (χ4v) is 2.38. The number of amides is 1. The first-order valence-electron chi connectivity index (χ1n) is 5.60. The molecule has 1 aromatic carbocycles. The molecule has 7 heteroatoms. The van der Waals surface area contributed by atoms with Gasteiger partial charge in [-0.1, -0.05) is 0 Å². The van der Waals surface area contributed by atoms with E-state index in [4.69, 9.17) is 11.5 Å². The second kappa shape index (κ2) is 5.87. The van der Waals surface area contributed by atoms with E-state index in [2.05, 4.69) is 4.98 Å². The SMILES string of the molecule is NC(=O)c1nc(SCc2cc(F)cc(F)c2)ccc1N. The minimum absolute atomic E-state index is 0.0135. The maximum atomic E-state index is 13.0. The number of aromatic nitrogens is 1. The van der Waals surface area contributed by atoms with Gasteiger partial charge in [0.25, 0.3) is 5.91 Å². The number of carbonyl (C=O) groups excluding carboxylic acids is 1. The van der Waals surface area contributed by atoms with Crippen molar-refractivity contribution < 1.29 is 13.6 Å². The van der Waals surface area contributed by atoms with E-state index in [1.165, 1.54) is 30.0 Å². The Hall–Kier alpha value is -2.15. The Morgan fingerprint density at radius 1 is 1.20 bits per heavy atom. The van der Waals surface area contributed by atoms with E-state index in [1.54, 1.807) is 6.07 Å². The van der Waals surface area contributed by atoms with Crippen LogP contribution in [0.15, 0.2) is 35.4 Å². The number of anilines is 1. The van der Waals surface area contributed by atoms with Gasteiger partial charge >= 0.3 is 0 Å². The van der Waals surface area contributed by atoms with E-state index in [9.17, 15) is 13.6 Å². The molecule has 0 aliphatic carbocycles. The molecule has 4 nitrogen and oxygen atoms in total. The van der Waals surface area contributed by atoms with Crippen LogP contribution in [0.3, 0.4) is 0 Å². The van der Waals surface area contributed by atoms with Crippen LogP contribution in [0.1, 0.15) is 16.1 Å². The van der Waals surface area contributed by atoms with Crippen molar-refractivity contribution >= 4 is 23.4 Å². The normalized spacial score (nSPS) is 10.5. The standard InChI is InChI=1S/C13H11F2N3OS/c14-8-3-7(4-9(15)5-8)6-20-11-2-1-10(16)12(18-11)13(17)19/h1-5H,6,16H2,(H2,17,19). The monoisotopic (exact) mass is 295 g/mol. The van der Waals surface area contributed by atoms with Gasteiger partial charge in [-0.3, -0.25) is 4.79 Å². The third-order valence-electron chi connectivity index (χ3n) is 2.44. The van der Waals surface area contributed by atoms with Crippen molar-refractivity contribution in [1.29, 1.82) is 0 Å². The largest absolute Gasteiger partial charge is 0.397 e. The molecule has 0 bridgehead atoms. The van der Waals surface area contributed by atoms with Crippen molar-refractivity contribution in [2.24, 2.45) is 5.73 Å². The zero-order valence-corrected chi connectivity index (χ0v) is 11.1. The summed E-state index contributed by atoms with van der Waals surface area (Å²) in [7, 11) is 0. The summed E-state index contributed by atoms with van der Waals surface area (Å²) >= 11 is 1.22. The number of primary amides is 1. The summed E-state index contributed by atoms with van der Waals surface area (Å²) in [5.74, 6) is -1.68. The number of nitrogen functional groups attached to an aromatic ring is 1. The lowest BCUT2D eigenvalue weighted by molar-refractivity contribution is 0.0996. The number of nitrogens with zero attached hydrogens (tertiary/aromatic N) is 1. The summed E-state index contributed by atoms with van der Waals surface area (Å²) < 4.78 is 26.1. The Balaban J connectivity index is 2.14. The number of pyridine rings is 1. The topological polar surface area (TPSA) is 82.0 Å². The number of nitrogens with two attached hydrogens (primary N) is 2. The lowest BCUT2D eigenvalue weighted by Gasteiger charge is -2.05. The van der Waals surface area contributed by atoms with Crippen LogP contribution < -0.4 is 11.5 Å². The maximum Gasteiger partial charge on any atom is 0.269 e. The van der Waals surface area contributed by atoms with Crippen LogP contribution in [0.5, 0.6) is 0 Å². The molecule has 0 unspecified atom stereocenters. The molecule has 2 aromatic rings. The third-order valence-corrected chi connectivity index (χ3v) is 3.44. The Labute approximate surface area is 118 Å². The van der Waals surface area contributed by atoms with Crippen molar-refractivity contribution in [3.05, 3.63) is 53.2 Å². The first-order valence-corrected chi connectivity index (χ1v) is 6.58. The average Bonchev–Trinajstić information content (AvgIpc) is 2.36. The lowest BCUT2D eigenvalue weighted by atomic mass is 10.2. The highest BCUT2D eigenvalue weighted by Gasteiger charge is 2.09. The minimum Gasteiger partial charge on any atom is -0.397 e. The Morgan fingerprint density at radius 2 is 1.85 bits per heavy atom. The molecule has 0 aliphatic rings. The van der Waals surface area contributed by atoms with E-state index in [-0.39, 0.29) is 11.4 Å². The molecule has 0 atom stereocenters. The molecule has 1 aromatic heterocycles. The molecule has 4 N–H and O–H groups in total. The van der Waals surface area contributed by atoms with E-state index in [0.717, 1.165) is 6.07 Å². The van der Waals surface area contributed by atoms with Crippen molar-refractivity contribution in [2.75, 3.05) is 5.73 Å². The summed E-state index contributed by atoms with van der Waals surface area (Å²) in [6, 6.07) is 6.41. The quantitative estimate of drug-likeness (QED) is 0.848. The van der Waals surface area contributed by atoms with Crippen LogP contribution in [0, 0.1) is 11.6 Å². The zero-order valence-electron chi connectivity index (χ0n) is 10.3. The maximum absolute atomic E-state index is 13.0. The predicted molar refractivity (Wildman–Crippen MR) is 73.1 cm³/mol. The number of hydrogen-bond acceptors (Lipinski definition) is 4. The van der Waals surface area contributed by atoms with Crippen LogP contribution in [0.2, 0.25) is 0 Å². The van der Waals surface area contributed by atoms with E-state index in [0.29, 0.717) is 16.3 Å². The zero-order chi connectivity index (χ0) is 14.7. The molecular weight excluding hydrogens is 284 g/mol. The molecule has 0 spiro atoms. The molecule has 1 amide bonds. The highest BCUT2D eigenvalue weighted by Crippen LogP contribution is 2.23. The van der Waals surface area contributed by atoms with Gasteiger partial charge in [0.15, 0.2) is 5.69 Å². The Morgan fingerprint density at radius 3 is 2.45 bits per heavy atom. The van der Waals surface area contributed by atoms with Crippen molar-refractivity contribution in [3.8, 4) is 0 Å². The van der Waals surface area contributed by atoms with Gasteiger partial charge in [0.2, 0.25) is 0 Å². The molecule has 20 heavy (non-hydrogen) atoms. The highest BCUT2D eigenvalue weighted by atomic mass is 32.2. The molecule has 0 saturated carbocycles. The first kappa shape index (κ1) is 14.3. The van der Waals surface area contributed by atoms with Gasteiger partial charge in [-0.15, -0.1) is 11.8 Å². The van der Waals surface area contributed by atoms with Crippen LogP contribution in [-0.2, 0) is 5.75 Å². The molecule has 0 aliphatic heterocycles. The summed E-state index contributed by atoms with van der Waals surface area (Å²) in [5, 5.41) is 0.498. The highest BCUT2D eigenvalue weighted by molar-refractivity contribution is 7.98. The number of carbonyl (C=O) groups is 1. The van der Waals surface area contributed by atoms with Gasteiger partial charge in [-0.25, -0.2) is 13.8 Å². The van der Waals surface area contributed by atoms with Crippen LogP contribution in [0.25, 0.3) is 0 Å². The van der Waals surface area contributed by atoms with Gasteiger partial charge in [-0.05, 0) is 29.8 Å². The van der Waals surface area contributed by atoms with Crippen molar-refractivity contribution in [2.45, 2.75) is 10.8 Å². The summed E-state index contributed by atoms with van der Waals surface area (Å²) in [4.78, 5) is 15.1. The van der Waals surface area contributed by atoms with Gasteiger partial charge in [-0.2, -0.15) is 0 Å². The summed E-state index contributed by atoms with van der Waals surface area (Å²) in [6.07, 6.45) is 0. The second-order valence-electron chi connectivity index (χ2n) is 4.02. The van der Waals surface area contributed by atoms with Gasteiger partial charge in [0.1, 0.15) is 11.6 Å². The van der Waals surface area contributed by atoms with Gasteiger partial charge < -0.3 is 11.5 Å². The number of thioether (sulfide) groups is 1. The molecular formula is C13H11F2N3OS. The van der Waals surface area contributed by atoms with E-state index in [1.807, 2.05) is 0 Å². The average molecular weight is 295 g/mol. The fourth-order valence-electron chi connectivity index (χ4n) is 1.58. The van der Waals surface area contributed by atoms with Gasteiger partial charge in [0, 0.05) is 11.8 Å². The second-order valence-corrected chi connectivity index (χ2v) is 5.01. The first-order chi connectivity index (χ1) is 9.45. The molecule has 0 radical (unpaired) electrons. The number of rotatable bonds is 4. The molecule has 0 fully saturated rings. The van der Waals surface area contributed by atoms with E-state index < -0.39 is 17.5 Å². The smallest absolute Gasteiger partial charge is 0.269 e. The molecule has 2 rings (SSSR count). The lowest BCUT2D eigenvalue weighted by Crippen LogP contribution is -2.15. The fraction of sp³-hybridized carbons (Fsp3) is 0.0769. The van der Waals surface area contributed by atoms with Crippen molar-refractivity contribution in [3.63, 3.8) is 0 Å². The van der Waals surface area contributed by atoms with E-state index >= 15 is 0 Å². The number of benzene rings is 1. The molecule has 104 valence electrons. The van der Waals surface area contributed by atoms with Gasteiger partial charge in [0.05, 0.1) is 10.7 Å². The molecule has 1 heterocycles. The molecule has 0 saturated heterocycles. The van der Waals surface area contributed by atoms with Crippen molar-refractivity contribution in [1.82, 2.24) is 4.98 Å².